The van der Waals surface area contributed by atoms with E-state index in [4.69, 9.17) is 0 Å². The number of allylic oxidation sites excluding steroid dienone is 2. The van der Waals surface area contributed by atoms with Crippen molar-refractivity contribution in [2.24, 2.45) is 11.8 Å². The predicted octanol–water partition coefficient (Wildman–Crippen LogP) is 2.71. The summed E-state index contributed by atoms with van der Waals surface area (Å²) in [6, 6.07) is 0. The van der Waals surface area contributed by atoms with Crippen molar-refractivity contribution >= 4 is 5.78 Å². The number of ketones is 1. The number of carbonyl (C=O) groups is 1. The van der Waals surface area contributed by atoms with Gasteiger partial charge in [-0.2, -0.15) is 0 Å². The lowest BCUT2D eigenvalue weighted by Crippen LogP contribution is -2.23. The highest BCUT2D eigenvalue weighted by atomic mass is 16.1. The Hall–Kier alpha value is -0.590. The summed E-state index contributed by atoms with van der Waals surface area (Å²) in [5.41, 5.74) is 0. The fourth-order valence-corrected chi connectivity index (χ4v) is 2.48. The number of Topliss-reactive ketones (excluding diaryl/α,β-unsaturated/α-hetero) is 1. The first kappa shape index (κ1) is 8.03. The van der Waals surface area contributed by atoms with Crippen LogP contribution in [0.1, 0.15) is 38.5 Å². The number of rotatable bonds is 0. The molecule has 0 aromatic heterocycles. The van der Waals surface area contributed by atoms with Gasteiger partial charge in [-0.25, -0.2) is 0 Å². The number of carbonyl (C=O) groups excluding carboxylic acids is 1. The lowest BCUT2D eigenvalue weighted by molar-refractivity contribution is -0.124. The van der Waals surface area contributed by atoms with Gasteiger partial charge in [-0.15, -0.1) is 0 Å². The van der Waals surface area contributed by atoms with Crippen LogP contribution in [0.5, 0.6) is 0 Å². The molecule has 12 heavy (non-hydrogen) atoms. The minimum Gasteiger partial charge on any atom is -0.299 e. The molecular formula is C11H16O. The Morgan fingerprint density at radius 1 is 1.17 bits per heavy atom. The summed E-state index contributed by atoms with van der Waals surface area (Å²) in [6.07, 6.45) is 11.1. The maximum Gasteiger partial charge on any atom is 0.136 e. The molecule has 0 unspecified atom stereocenters. The van der Waals surface area contributed by atoms with Crippen molar-refractivity contribution in [2.75, 3.05) is 0 Å². The van der Waals surface area contributed by atoms with Crippen molar-refractivity contribution in [1.29, 1.82) is 0 Å². The average molecular weight is 164 g/mol. The van der Waals surface area contributed by atoms with E-state index in [1.807, 2.05) is 0 Å². The molecule has 0 aromatic carbocycles. The molecule has 0 spiro atoms. The maximum atomic E-state index is 11.6. The predicted molar refractivity (Wildman–Crippen MR) is 48.8 cm³/mol. The Balaban J connectivity index is 2.13. The molecule has 1 nitrogen and oxygen atoms in total. The van der Waals surface area contributed by atoms with Gasteiger partial charge in [-0.3, -0.25) is 4.79 Å². The second-order valence-corrected chi connectivity index (χ2v) is 4.02. The SMILES string of the molecule is O=C1CCCC[C@H]2CC=CC[C@H]12. The first-order valence-corrected chi connectivity index (χ1v) is 5.05. The van der Waals surface area contributed by atoms with E-state index in [-0.39, 0.29) is 0 Å². The van der Waals surface area contributed by atoms with Gasteiger partial charge >= 0.3 is 0 Å². The van der Waals surface area contributed by atoms with Crippen LogP contribution in [-0.4, -0.2) is 5.78 Å². The molecule has 1 heteroatoms. The molecule has 0 aromatic rings. The van der Waals surface area contributed by atoms with Crippen molar-refractivity contribution in [2.45, 2.75) is 38.5 Å². The number of fused-ring (bicyclic) bond motifs is 1. The molecular weight excluding hydrogens is 148 g/mol. The van der Waals surface area contributed by atoms with Crippen molar-refractivity contribution in [3.8, 4) is 0 Å². The molecule has 66 valence electrons. The van der Waals surface area contributed by atoms with Crippen LogP contribution in [0.25, 0.3) is 0 Å². The van der Waals surface area contributed by atoms with E-state index in [1.165, 1.54) is 12.8 Å². The topological polar surface area (TPSA) is 17.1 Å². The zero-order chi connectivity index (χ0) is 8.39. The number of hydrogen-bond donors (Lipinski definition) is 0. The molecule has 2 rings (SSSR count). The van der Waals surface area contributed by atoms with Crippen LogP contribution in [0.3, 0.4) is 0 Å². The van der Waals surface area contributed by atoms with Crippen molar-refractivity contribution < 1.29 is 4.79 Å². The van der Waals surface area contributed by atoms with Gasteiger partial charge in [0.25, 0.3) is 0 Å². The first-order chi connectivity index (χ1) is 5.88. The largest absolute Gasteiger partial charge is 0.299 e. The second kappa shape index (κ2) is 3.42. The minimum absolute atomic E-state index is 0.387. The third-order valence-corrected chi connectivity index (χ3v) is 3.23. The summed E-state index contributed by atoms with van der Waals surface area (Å²) < 4.78 is 0. The molecule has 2 aliphatic carbocycles. The van der Waals surface area contributed by atoms with E-state index in [1.54, 1.807) is 0 Å². The van der Waals surface area contributed by atoms with Gasteiger partial charge in [0.1, 0.15) is 5.78 Å². The van der Waals surface area contributed by atoms with Gasteiger partial charge in [0.2, 0.25) is 0 Å². The Labute approximate surface area is 73.8 Å². The van der Waals surface area contributed by atoms with E-state index in [0.29, 0.717) is 17.6 Å². The monoisotopic (exact) mass is 164 g/mol. The van der Waals surface area contributed by atoms with Crippen LogP contribution < -0.4 is 0 Å². The van der Waals surface area contributed by atoms with Gasteiger partial charge in [-0.1, -0.05) is 18.6 Å². The van der Waals surface area contributed by atoms with E-state index in [9.17, 15) is 4.79 Å². The zero-order valence-electron chi connectivity index (χ0n) is 7.46. The minimum atomic E-state index is 0.387. The standard InChI is InChI=1S/C11H16O/c12-11-8-4-2-6-9-5-1-3-7-10(9)11/h1,3,9-10H,2,4-8H2/t9-,10+/m1/s1. The highest BCUT2D eigenvalue weighted by Gasteiger charge is 2.29. The lowest BCUT2D eigenvalue weighted by atomic mass is 9.79. The van der Waals surface area contributed by atoms with E-state index in [2.05, 4.69) is 12.2 Å². The van der Waals surface area contributed by atoms with Crippen molar-refractivity contribution in [3.63, 3.8) is 0 Å². The van der Waals surface area contributed by atoms with Crippen LogP contribution in [-0.2, 0) is 4.79 Å². The summed E-state index contributed by atoms with van der Waals surface area (Å²) >= 11 is 0. The average Bonchev–Trinajstić information content (AvgIpc) is 2.29. The molecule has 2 atom stereocenters. The fourth-order valence-electron chi connectivity index (χ4n) is 2.48. The smallest absolute Gasteiger partial charge is 0.136 e. The van der Waals surface area contributed by atoms with Crippen molar-refractivity contribution in [3.05, 3.63) is 12.2 Å². The Kier molecular flexibility index (Phi) is 2.29. The second-order valence-electron chi connectivity index (χ2n) is 4.02. The molecule has 0 aliphatic heterocycles. The summed E-state index contributed by atoms with van der Waals surface area (Å²) in [5.74, 6) is 1.60. The fraction of sp³-hybridized carbons (Fsp3) is 0.727. The van der Waals surface area contributed by atoms with E-state index >= 15 is 0 Å². The van der Waals surface area contributed by atoms with Gasteiger partial charge in [0.15, 0.2) is 0 Å². The molecule has 0 heterocycles. The Morgan fingerprint density at radius 2 is 2.00 bits per heavy atom. The summed E-state index contributed by atoms with van der Waals surface area (Å²) in [7, 11) is 0. The van der Waals surface area contributed by atoms with Crippen molar-refractivity contribution in [1.82, 2.24) is 0 Å². The number of hydrogen-bond acceptors (Lipinski definition) is 1. The van der Waals surface area contributed by atoms with Crippen LogP contribution in [0.15, 0.2) is 12.2 Å². The van der Waals surface area contributed by atoms with Crippen LogP contribution in [0, 0.1) is 11.8 Å². The van der Waals surface area contributed by atoms with Gasteiger partial charge in [0, 0.05) is 12.3 Å². The van der Waals surface area contributed by atoms with Gasteiger partial charge in [-0.05, 0) is 31.6 Å². The molecule has 0 bridgehead atoms. The highest BCUT2D eigenvalue weighted by Crippen LogP contribution is 2.34. The molecule has 1 fully saturated rings. The highest BCUT2D eigenvalue weighted by molar-refractivity contribution is 5.81. The van der Waals surface area contributed by atoms with Crippen LogP contribution in [0.4, 0.5) is 0 Å². The molecule has 0 N–H and O–H groups in total. The molecule has 2 aliphatic rings. The van der Waals surface area contributed by atoms with Gasteiger partial charge in [0.05, 0.1) is 0 Å². The zero-order valence-corrected chi connectivity index (χ0v) is 7.46. The summed E-state index contributed by atoms with van der Waals surface area (Å²) in [5, 5.41) is 0. The summed E-state index contributed by atoms with van der Waals surface area (Å²) in [6.45, 7) is 0. The molecule has 0 amide bonds. The Bertz CT molecular complexity index is 205. The van der Waals surface area contributed by atoms with E-state index in [0.717, 1.165) is 25.7 Å². The first-order valence-electron chi connectivity index (χ1n) is 5.05. The normalized spacial score (nSPS) is 35.8. The van der Waals surface area contributed by atoms with Gasteiger partial charge < -0.3 is 0 Å². The lowest BCUT2D eigenvalue weighted by Gasteiger charge is -2.24. The van der Waals surface area contributed by atoms with E-state index < -0.39 is 0 Å². The van der Waals surface area contributed by atoms with Crippen LogP contribution in [0.2, 0.25) is 0 Å². The quantitative estimate of drug-likeness (QED) is 0.503. The summed E-state index contributed by atoms with van der Waals surface area (Å²) in [4.78, 5) is 11.6. The molecule has 0 saturated heterocycles. The third-order valence-electron chi connectivity index (χ3n) is 3.23. The maximum absolute atomic E-state index is 11.6. The third kappa shape index (κ3) is 1.45. The Morgan fingerprint density at radius 3 is 2.92 bits per heavy atom. The molecule has 1 saturated carbocycles. The molecule has 0 radical (unpaired) electrons. The van der Waals surface area contributed by atoms with Crippen LogP contribution >= 0.6 is 0 Å².